The van der Waals surface area contributed by atoms with Gasteiger partial charge in [-0.1, -0.05) is 19.1 Å². The Kier molecular flexibility index (Phi) is 6.33. The van der Waals surface area contributed by atoms with E-state index in [9.17, 15) is 5.11 Å². The fourth-order valence-corrected chi connectivity index (χ4v) is 2.79. The van der Waals surface area contributed by atoms with Crippen LogP contribution in [0.1, 0.15) is 38.7 Å². The third-order valence-corrected chi connectivity index (χ3v) is 3.80. The molecule has 2 rings (SSSR count). The summed E-state index contributed by atoms with van der Waals surface area (Å²) in [6.45, 7) is 8.21. The van der Waals surface area contributed by atoms with Gasteiger partial charge in [-0.25, -0.2) is 0 Å². The topological polar surface area (TPSA) is 41.9 Å². The van der Waals surface area contributed by atoms with Crippen LogP contribution in [0.3, 0.4) is 0 Å². The minimum atomic E-state index is 0.274. The number of phenols is 1. The van der Waals surface area contributed by atoms with E-state index in [0.29, 0.717) is 18.5 Å². The van der Waals surface area contributed by atoms with Gasteiger partial charge in [0.1, 0.15) is 0 Å². The fraction of sp³-hybridized carbons (Fsp3) is 0.647. The van der Waals surface area contributed by atoms with E-state index in [0.717, 1.165) is 51.1 Å². The molecule has 4 heteroatoms. The number of nitrogens with zero attached hydrogens (tertiary/aromatic N) is 1. The van der Waals surface area contributed by atoms with Gasteiger partial charge in [-0.05, 0) is 38.8 Å². The Balaban J connectivity index is 1.96. The number of aromatic hydroxyl groups is 1. The van der Waals surface area contributed by atoms with Crippen molar-refractivity contribution in [2.75, 3.05) is 26.3 Å². The first-order valence-corrected chi connectivity index (χ1v) is 8.02. The van der Waals surface area contributed by atoms with Crippen LogP contribution in [-0.2, 0) is 11.3 Å². The monoisotopic (exact) mass is 293 g/mol. The van der Waals surface area contributed by atoms with E-state index in [-0.39, 0.29) is 5.75 Å². The van der Waals surface area contributed by atoms with Gasteiger partial charge in [-0.2, -0.15) is 0 Å². The molecular weight excluding hydrogens is 266 g/mol. The van der Waals surface area contributed by atoms with Crippen molar-refractivity contribution in [3.63, 3.8) is 0 Å². The molecule has 0 spiro atoms. The second-order valence-electron chi connectivity index (χ2n) is 5.57. The van der Waals surface area contributed by atoms with Gasteiger partial charge in [0, 0.05) is 25.3 Å². The summed E-state index contributed by atoms with van der Waals surface area (Å²) >= 11 is 0. The number of likely N-dealkylation sites (tertiary alicyclic amines) is 1. The van der Waals surface area contributed by atoms with E-state index in [4.69, 9.17) is 9.47 Å². The first-order chi connectivity index (χ1) is 10.2. The Bertz CT molecular complexity index is 436. The van der Waals surface area contributed by atoms with Crippen molar-refractivity contribution in [3.05, 3.63) is 23.8 Å². The number of hydrogen-bond donors (Lipinski definition) is 1. The van der Waals surface area contributed by atoms with Crippen molar-refractivity contribution in [3.8, 4) is 11.5 Å². The second-order valence-corrected chi connectivity index (χ2v) is 5.57. The lowest BCUT2D eigenvalue weighted by atomic mass is 10.1. The van der Waals surface area contributed by atoms with E-state index in [1.54, 1.807) is 0 Å². The summed E-state index contributed by atoms with van der Waals surface area (Å²) in [5.74, 6) is 0.849. The summed E-state index contributed by atoms with van der Waals surface area (Å²) in [6, 6.07) is 5.72. The van der Waals surface area contributed by atoms with Crippen LogP contribution in [0.4, 0.5) is 0 Å². The van der Waals surface area contributed by atoms with E-state index in [2.05, 4.69) is 11.8 Å². The Hall–Kier alpha value is -1.26. The Morgan fingerprint density at radius 3 is 2.95 bits per heavy atom. The van der Waals surface area contributed by atoms with Gasteiger partial charge < -0.3 is 14.6 Å². The van der Waals surface area contributed by atoms with Crippen molar-refractivity contribution < 1.29 is 14.6 Å². The molecule has 1 unspecified atom stereocenters. The van der Waals surface area contributed by atoms with Gasteiger partial charge in [0.15, 0.2) is 11.5 Å². The molecule has 0 saturated carbocycles. The smallest absolute Gasteiger partial charge is 0.162 e. The third kappa shape index (κ3) is 4.61. The minimum absolute atomic E-state index is 0.274. The van der Waals surface area contributed by atoms with Gasteiger partial charge in [0.2, 0.25) is 0 Å². The maximum absolute atomic E-state index is 10.3. The highest BCUT2D eigenvalue weighted by molar-refractivity contribution is 5.45. The molecule has 1 aromatic carbocycles. The molecule has 1 fully saturated rings. The molecule has 1 atom stereocenters. The lowest BCUT2D eigenvalue weighted by Gasteiger charge is -2.32. The van der Waals surface area contributed by atoms with Gasteiger partial charge >= 0.3 is 0 Å². The van der Waals surface area contributed by atoms with E-state index in [1.807, 2.05) is 25.1 Å². The average Bonchev–Trinajstić information content (AvgIpc) is 2.50. The predicted molar refractivity (Wildman–Crippen MR) is 83.8 cm³/mol. The molecule has 1 saturated heterocycles. The first-order valence-electron chi connectivity index (χ1n) is 8.02. The number of piperidine rings is 1. The molecule has 0 bridgehead atoms. The number of phenolic OH excluding ortho intramolecular Hbond substituents is 1. The number of ether oxygens (including phenoxy) is 2. The lowest BCUT2D eigenvalue weighted by Crippen LogP contribution is -2.39. The minimum Gasteiger partial charge on any atom is -0.504 e. The zero-order valence-corrected chi connectivity index (χ0v) is 13.2. The van der Waals surface area contributed by atoms with Crippen LogP contribution in [0, 0.1) is 0 Å². The summed E-state index contributed by atoms with van der Waals surface area (Å²) in [4.78, 5) is 2.36. The number of benzene rings is 1. The zero-order valence-electron chi connectivity index (χ0n) is 13.2. The summed E-state index contributed by atoms with van der Waals surface area (Å²) < 4.78 is 11.3. The van der Waals surface area contributed by atoms with Crippen molar-refractivity contribution in [1.82, 2.24) is 4.90 Å². The van der Waals surface area contributed by atoms with Gasteiger partial charge in [-0.3, -0.25) is 4.90 Å². The number of para-hydroxylation sites is 1. The zero-order chi connectivity index (χ0) is 15.1. The van der Waals surface area contributed by atoms with Crippen LogP contribution < -0.4 is 4.74 Å². The van der Waals surface area contributed by atoms with Crippen LogP contribution in [0.25, 0.3) is 0 Å². The molecule has 1 heterocycles. The second kappa shape index (κ2) is 8.25. The summed E-state index contributed by atoms with van der Waals surface area (Å²) in [6.07, 6.45) is 3.69. The Morgan fingerprint density at radius 2 is 2.19 bits per heavy atom. The Morgan fingerprint density at radius 1 is 1.33 bits per heavy atom. The van der Waals surface area contributed by atoms with Crippen LogP contribution in [-0.4, -0.2) is 42.4 Å². The van der Waals surface area contributed by atoms with Crippen molar-refractivity contribution >= 4 is 0 Å². The van der Waals surface area contributed by atoms with E-state index < -0.39 is 0 Å². The highest BCUT2D eigenvalue weighted by Gasteiger charge is 2.21. The summed E-state index contributed by atoms with van der Waals surface area (Å²) in [5.41, 5.74) is 0.928. The fourth-order valence-electron chi connectivity index (χ4n) is 2.79. The third-order valence-electron chi connectivity index (χ3n) is 3.80. The van der Waals surface area contributed by atoms with E-state index in [1.165, 1.54) is 0 Å². The molecular formula is C17H27NO3. The molecule has 1 aliphatic rings. The highest BCUT2D eigenvalue weighted by Crippen LogP contribution is 2.31. The molecule has 4 nitrogen and oxygen atoms in total. The van der Waals surface area contributed by atoms with Crippen LogP contribution >= 0.6 is 0 Å². The van der Waals surface area contributed by atoms with Crippen LogP contribution in [0.15, 0.2) is 18.2 Å². The lowest BCUT2D eigenvalue weighted by molar-refractivity contribution is -0.00240. The molecule has 1 N–H and O–H groups in total. The van der Waals surface area contributed by atoms with E-state index >= 15 is 0 Å². The van der Waals surface area contributed by atoms with Crippen molar-refractivity contribution in [2.45, 2.75) is 45.8 Å². The number of hydrogen-bond acceptors (Lipinski definition) is 4. The molecule has 0 aromatic heterocycles. The summed E-state index contributed by atoms with van der Waals surface area (Å²) in [5, 5.41) is 10.3. The van der Waals surface area contributed by atoms with Crippen LogP contribution in [0.5, 0.6) is 11.5 Å². The quantitative estimate of drug-likeness (QED) is 0.838. The molecule has 21 heavy (non-hydrogen) atoms. The maximum atomic E-state index is 10.3. The molecule has 1 aliphatic heterocycles. The van der Waals surface area contributed by atoms with Gasteiger partial charge in [0.25, 0.3) is 0 Å². The standard InChI is InChI=1S/C17H27NO3/c1-3-11-21-15-8-6-10-18(13-15)12-14-7-5-9-16(17(14)19)20-4-2/h5,7,9,15,19H,3-4,6,8,10-13H2,1-2H3. The van der Waals surface area contributed by atoms with Crippen LogP contribution in [0.2, 0.25) is 0 Å². The molecule has 118 valence electrons. The SMILES string of the molecule is CCCOC1CCCN(Cc2cccc(OCC)c2O)C1. The largest absolute Gasteiger partial charge is 0.504 e. The van der Waals surface area contributed by atoms with Gasteiger partial charge in [0.05, 0.1) is 12.7 Å². The molecule has 0 amide bonds. The Labute approximate surface area is 127 Å². The highest BCUT2D eigenvalue weighted by atomic mass is 16.5. The maximum Gasteiger partial charge on any atom is 0.162 e. The molecule has 0 aliphatic carbocycles. The van der Waals surface area contributed by atoms with Gasteiger partial charge in [-0.15, -0.1) is 0 Å². The molecule has 0 radical (unpaired) electrons. The number of rotatable bonds is 7. The van der Waals surface area contributed by atoms with Crippen molar-refractivity contribution in [1.29, 1.82) is 0 Å². The first kappa shape index (κ1) is 16.1. The van der Waals surface area contributed by atoms with Crippen molar-refractivity contribution in [2.24, 2.45) is 0 Å². The normalized spacial score (nSPS) is 19.6. The average molecular weight is 293 g/mol. The predicted octanol–water partition coefficient (Wildman–Crippen LogP) is 3.18. The molecule has 1 aromatic rings. The summed E-state index contributed by atoms with van der Waals surface area (Å²) in [7, 11) is 0.